The molecule has 0 radical (unpaired) electrons. The van der Waals surface area contributed by atoms with E-state index in [1.165, 1.54) is 0 Å². The standard InChI is InChI=1S/C15H13Br2NO2/c16-9-5-6-11(17)10(7-9)15(18)14-8-19-12-3-1-2-4-13(12)20-14/h1-7,14-15H,8,18H2. The van der Waals surface area contributed by atoms with Crippen molar-refractivity contribution in [2.45, 2.75) is 12.1 Å². The van der Waals surface area contributed by atoms with Crippen LogP contribution < -0.4 is 15.2 Å². The fourth-order valence-corrected chi connectivity index (χ4v) is 3.07. The number of hydrogen-bond acceptors (Lipinski definition) is 3. The monoisotopic (exact) mass is 397 g/mol. The number of fused-ring (bicyclic) bond motifs is 1. The highest BCUT2D eigenvalue weighted by Gasteiger charge is 2.28. The van der Waals surface area contributed by atoms with Gasteiger partial charge in [-0.2, -0.15) is 0 Å². The summed E-state index contributed by atoms with van der Waals surface area (Å²) >= 11 is 7.00. The fraction of sp³-hybridized carbons (Fsp3) is 0.200. The van der Waals surface area contributed by atoms with Crippen LogP contribution in [0.25, 0.3) is 0 Å². The summed E-state index contributed by atoms with van der Waals surface area (Å²) in [7, 11) is 0. The molecule has 1 heterocycles. The van der Waals surface area contributed by atoms with Crippen LogP contribution in [0.1, 0.15) is 11.6 Å². The summed E-state index contributed by atoms with van der Waals surface area (Å²) in [5, 5.41) is 0. The molecule has 20 heavy (non-hydrogen) atoms. The van der Waals surface area contributed by atoms with Gasteiger partial charge in [0, 0.05) is 8.95 Å². The van der Waals surface area contributed by atoms with E-state index in [0.717, 1.165) is 26.0 Å². The van der Waals surface area contributed by atoms with E-state index >= 15 is 0 Å². The van der Waals surface area contributed by atoms with Crippen LogP contribution in [0.15, 0.2) is 51.4 Å². The van der Waals surface area contributed by atoms with E-state index < -0.39 is 0 Å². The normalized spacial score (nSPS) is 18.6. The van der Waals surface area contributed by atoms with E-state index in [4.69, 9.17) is 15.2 Å². The van der Waals surface area contributed by atoms with Crippen molar-refractivity contribution in [2.24, 2.45) is 5.73 Å². The minimum Gasteiger partial charge on any atom is -0.486 e. The van der Waals surface area contributed by atoms with Crippen molar-refractivity contribution < 1.29 is 9.47 Å². The molecule has 0 aliphatic carbocycles. The summed E-state index contributed by atoms with van der Waals surface area (Å²) in [4.78, 5) is 0. The minimum absolute atomic E-state index is 0.213. The first kappa shape index (κ1) is 13.9. The van der Waals surface area contributed by atoms with Gasteiger partial charge in [0.2, 0.25) is 0 Å². The highest BCUT2D eigenvalue weighted by molar-refractivity contribution is 9.11. The minimum atomic E-state index is -0.268. The lowest BCUT2D eigenvalue weighted by Crippen LogP contribution is -2.39. The molecule has 0 aromatic heterocycles. The number of ether oxygens (including phenoxy) is 2. The second-order valence-electron chi connectivity index (χ2n) is 4.61. The van der Waals surface area contributed by atoms with Gasteiger partial charge in [-0.05, 0) is 35.9 Å². The van der Waals surface area contributed by atoms with Gasteiger partial charge in [0.05, 0.1) is 6.04 Å². The summed E-state index contributed by atoms with van der Waals surface area (Å²) < 4.78 is 13.6. The topological polar surface area (TPSA) is 44.5 Å². The van der Waals surface area contributed by atoms with Crippen molar-refractivity contribution in [3.8, 4) is 11.5 Å². The highest BCUT2D eigenvalue weighted by Crippen LogP contribution is 2.35. The lowest BCUT2D eigenvalue weighted by molar-refractivity contribution is 0.0719. The van der Waals surface area contributed by atoms with Crippen LogP contribution >= 0.6 is 31.9 Å². The van der Waals surface area contributed by atoms with Gasteiger partial charge in [-0.3, -0.25) is 0 Å². The number of nitrogens with two attached hydrogens (primary N) is 1. The molecule has 1 aliphatic rings. The molecule has 3 nitrogen and oxygen atoms in total. The largest absolute Gasteiger partial charge is 0.486 e. The average molecular weight is 399 g/mol. The van der Waals surface area contributed by atoms with Gasteiger partial charge in [-0.25, -0.2) is 0 Å². The van der Waals surface area contributed by atoms with Gasteiger partial charge in [-0.1, -0.05) is 44.0 Å². The third-order valence-corrected chi connectivity index (χ3v) is 4.46. The Balaban J connectivity index is 1.85. The Bertz CT molecular complexity index is 633. The summed E-state index contributed by atoms with van der Waals surface area (Å²) in [5.74, 6) is 1.51. The summed E-state index contributed by atoms with van der Waals surface area (Å²) in [5.41, 5.74) is 7.33. The van der Waals surface area contributed by atoms with Crippen LogP contribution in [0.2, 0.25) is 0 Å². The molecule has 0 amide bonds. The van der Waals surface area contributed by atoms with E-state index in [1.807, 2.05) is 42.5 Å². The highest BCUT2D eigenvalue weighted by atomic mass is 79.9. The molecule has 104 valence electrons. The van der Waals surface area contributed by atoms with Crippen molar-refractivity contribution in [2.75, 3.05) is 6.61 Å². The number of rotatable bonds is 2. The van der Waals surface area contributed by atoms with Gasteiger partial charge in [0.15, 0.2) is 17.6 Å². The Kier molecular flexibility index (Phi) is 4.01. The Morgan fingerprint density at radius 1 is 1.10 bits per heavy atom. The SMILES string of the molecule is NC(c1cc(Br)ccc1Br)C1COc2ccccc2O1. The van der Waals surface area contributed by atoms with E-state index in [1.54, 1.807) is 0 Å². The maximum absolute atomic E-state index is 6.34. The van der Waals surface area contributed by atoms with E-state index in [9.17, 15) is 0 Å². The average Bonchev–Trinajstić information content (AvgIpc) is 2.48. The predicted molar refractivity (Wildman–Crippen MR) is 85.1 cm³/mol. The number of halogens is 2. The van der Waals surface area contributed by atoms with Gasteiger partial charge < -0.3 is 15.2 Å². The smallest absolute Gasteiger partial charge is 0.161 e. The number of para-hydroxylation sites is 2. The third kappa shape index (κ3) is 2.71. The van der Waals surface area contributed by atoms with Crippen LogP contribution in [0.3, 0.4) is 0 Å². The maximum atomic E-state index is 6.34. The van der Waals surface area contributed by atoms with Gasteiger partial charge in [-0.15, -0.1) is 0 Å². The Morgan fingerprint density at radius 2 is 1.85 bits per heavy atom. The quantitative estimate of drug-likeness (QED) is 0.829. The molecule has 2 unspecified atom stereocenters. The summed E-state index contributed by atoms with van der Waals surface area (Å²) in [6, 6.07) is 13.3. The first-order valence-corrected chi connectivity index (χ1v) is 7.83. The van der Waals surface area contributed by atoms with Gasteiger partial charge >= 0.3 is 0 Å². The molecule has 2 N–H and O–H groups in total. The van der Waals surface area contributed by atoms with E-state index in [-0.39, 0.29) is 12.1 Å². The number of hydrogen-bond donors (Lipinski definition) is 1. The molecular formula is C15H13Br2NO2. The zero-order chi connectivity index (χ0) is 14.1. The van der Waals surface area contributed by atoms with Crippen LogP contribution in [0, 0.1) is 0 Å². The second-order valence-corrected chi connectivity index (χ2v) is 6.38. The first-order valence-electron chi connectivity index (χ1n) is 6.24. The Morgan fingerprint density at radius 3 is 2.65 bits per heavy atom. The molecule has 2 atom stereocenters. The molecule has 0 saturated heterocycles. The van der Waals surface area contributed by atoms with Crippen molar-refractivity contribution in [1.29, 1.82) is 0 Å². The van der Waals surface area contributed by atoms with Crippen LogP contribution in [-0.2, 0) is 0 Å². The molecule has 2 aromatic rings. The lowest BCUT2D eigenvalue weighted by Gasteiger charge is -2.31. The van der Waals surface area contributed by atoms with E-state index in [2.05, 4.69) is 31.9 Å². The van der Waals surface area contributed by atoms with Crippen molar-refractivity contribution in [3.63, 3.8) is 0 Å². The Hall–Kier alpha value is -1.04. The van der Waals surface area contributed by atoms with Crippen LogP contribution in [0.5, 0.6) is 11.5 Å². The summed E-state index contributed by atoms with van der Waals surface area (Å²) in [6.45, 7) is 0.442. The zero-order valence-corrected chi connectivity index (χ0v) is 13.7. The van der Waals surface area contributed by atoms with Crippen molar-refractivity contribution in [1.82, 2.24) is 0 Å². The van der Waals surface area contributed by atoms with E-state index in [0.29, 0.717) is 6.61 Å². The maximum Gasteiger partial charge on any atom is 0.161 e. The first-order chi connectivity index (χ1) is 9.65. The molecule has 2 aromatic carbocycles. The lowest BCUT2D eigenvalue weighted by atomic mass is 10.0. The van der Waals surface area contributed by atoms with Crippen molar-refractivity contribution >= 4 is 31.9 Å². The summed E-state index contributed by atoms with van der Waals surface area (Å²) in [6.07, 6.45) is -0.213. The number of benzene rings is 2. The van der Waals surface area contributed by atoms with Crippen molar-refractivity contribution in [3.05, 3.63) is 57.0 Å². The molecule has 0 fully saturated rings. The second kappa shape index (κ2) is 5.76. The molecule has 5 heteroatoms. The molecule has 3 rings (SSSR count). The van der Waals surface area contributed by atoms with Crippen LogP contribution in [0.4, 0.5) is 0 Å². The molecule has 0 spiro atoms. The fourth-order valence-electron chi connectivity index (χ4n) is 2.18. The zero-order valence-electron chi connectivity index (χ0n) is 10.6. The molecule has 0 saturated carbocycles. The van der Waals surface area contributed by atoms with Crippen LogP contribution in [-0.4, -0.2) is 12.7 Å². The molecule has 0 bridgehead atoms. The Labute approximate surface area is 134 Å². The van der Waals surface area contributed by atoms with Gasteiger partial charge in [0.1, 0.15) is 6.61 Å². The third-order valence-electron chi connectivity index (χ3n) is 3.25. The predicted octanol–water partition coefficient (Wildman–Crippen LogP) is 4.05. The molecule has 1 aliphatic heterocycles. The molecular weight excluding hydrogens is 386 g/mol. The van der Waals surface area contributed by atoms with Gasteiger partial charge in [0.25, 0.3) is 0 Å².